The van der Waals surface area contributed by atoms with Crippen LogP contribution in [0.5, 0.6) is 0 Å². The maximum atomic E-state index is 10.4. The number of carbonyl (C=O) groups is 1. The second-order valence-corrected chi connectivity index (χ2v) is 5.49. The van der Waals surface area contributed by atoms with Gasteiger partial charge in [-0.1, -0.05) is 0 Å². The molecule has 0 saturated heterocycles. The summed E-state index contributed by atoms with van der Waals surface area (Å²) < 4.78 is 1.39. The van der Waals surface area contributed by atoms with Gasteiger partial charge < -0.3 is 0 Å². The van der Waals surface area contributed by atoms with E-state index < -0.39 is 0 Å². The second-order valence-electron chi connectivity index (χ2n) is 2.62. The molecule has 0 aliphatic carbocycles. The normalized spacial score (nSPS) is 9.92. The molecule has 1 aromatic carbocycles. The summed E-state index contributed by atoms with van der Waals surface area (Å²) in [5.41, 5.74) is 0. The zero-order chi connectivity index (χ0) is 9.52. The molecule has 0 aliphatic rings. The first-order chi connectivity index (χ1) is 6.29. The molecule has 3 heteroatoms. The van der Waals surface area contributed by atoms with Crippen LogP contribution >= 0.6 is 11.6 Å². The van der Waals surface area contributed by atoms with Crippen molar-refractivity contribution in [3.05, 3.63) is 30.3 Å². The van der Waals surface area contributed by atoms with Crippen molar-refractivity contribution in [2.45, 2.75) is 18.2 Å². The van der Waals surface area contributed by atoms with E-state index in [1.54, 1.807) is 0 Å². The van der Waals surface area contributed by atoms with Gasteiger partial charge in [0.05, 0.1) is 0 Å². The van der Waals surface area contributed by atoms with Gasteiger partial charge in [-0.25, -0.2) is 0 Å². The topological polar surface area (TPSA) is 17.1 Å². The molecule has 0 saturated carbocycles. The zero-order valence-corrected chi connectivity index (χ0v) is 9.67. The molecule has 0 amide bonds. The number of carbonyl (C=O) groups excluding carboxylic acids is 1. The first-order valence-electron chi connectivity index (χ1n) is 4.15. The molecule has 0 radical (unpaired) electrons. The van der Waals surface area contributed by atoms with E-state index in [1.807, 2.05) is 18.2 Å². The summed E-state index contributed by atoms with van der Waals surface area (Å²) in [4.78, 5) is 10.4. The van der Waals surface area contributed by atoms with Crippen LogP contribution in [0.15, 0.2) is 30.3 Å². The van der Waals surface area contributed by atoms with E-state index in [-0.39, 0.29) is 5.24 Å². The molecular weight excluding hydrogens is 251 g/mol. The summed E-state index contributed by atoms with van der Waals surface area (Å²) in [6.07, 6.45) is 1.42. The van der Waals surface area contributed by atoms with E-state index in [1.165, 1.54) is 4.46 Å². The monoisotopic (exact) mass is 262 g/mol. The van der Waals surface area contributed by atoms with Gasteiger partial charge >= 0.3 is 89.5 Å². The van der Waals surface area contributed by atoms with Crippen LogP contribution in [0.2, 0.25) is 5.32 Å². The van der Waals surface area contributed by atoms with Crippen molar-refractivity contribution in [1.82, 2.24) is 0 Å². The fraction of sp³-hybridized carbons (Fsp3) is 0.300. The van der Waals surface area contributed by atoms with Gasteiger partial charge in [0, 0.05) is 0 Å². The van der Waals surface area contributed by atoms with Gasteiger partial charge in [0.15, 0.2) is 0 Å². The van der Waals surface area contributed by atoms with Crippen LogP contribution in [0, 0.1) is 0 Å². The fourth-order valence-corrected chi connectivity index (χ4v) is 2.89. The van der Waals surface area contributed by atoms with Gasteiger partial charge in [0.25, 0.3) is 0 Å². The van der Waals surface area contributed by atoms with Crippen molar-refractivity contribution >= 4 is 36.3 Å². The van der Waals surface area contributed by atoms with Crippen molar-refractivity contribution < 1.29 is 4.79 Å². The SMILES string of the molecule is O=C(Cl)CCC[Se]c1ccccc1. The summed E-state index contributed by atoms with van der Waals surface area (Å²) in [6.45, 7) is 0. The predicted molar refractivity (Wildman–Crippen MR) is 56.7 cm³/mol. The Morgan fingerprint density at radius 2 is 2.00 bits per heavy atom. The minimum atomic E-state index is -0.219. The van der Waals surface area contributed by atoms with E-state index >= 15 is 0 Å². The van der Waals surface area contributed by atoms with E-state index in [9.17, 15) is 4.79 Å². The number of hydrogen-bond acceptors (Lipinski definition) is 1. The first kappa shape index (κ1) is 10.8. The van der Waals surface area contributed by atoms with Crippen molar-refractivity contribution in [2.75, 3.05) is 0 Å². The molecule has 1 nitrogen and oxygen atoms in total. The van der Waals surface area contributed by atoms with Gasteiger partial charge in [0.2, 0.25) is 0 Å². The molecule has 0 bridgehead atoms. The predicted octanol–water partition coefficient (Wildman–Crippen LogP) is 1.98. The standard InChI is InChI=1S/C10H11ClOSe/c11-10(12)7-4-8-13-9-5-2-1-3-6-9/h1-3,5-6H,4,7-8H2. The van der Waals surface area contributed by atoms with Gasteiger partial charge in [-0.2, -0.15) is 0 Å². The molecule has 1 aromatic rings. The summed E-state index contributed by atoms with van der Waals surface area (Å²) in [7, 11) is 0. The molecule has 0 fully saturated rings. The van der Waals surface area contributed by atoms with Crippen molar-refractivity contribution in [1.29, 1.82) is 0 Å². The Morgan fingerprint density at radius 3 is 2.62 bits per heavy atom. The van der Waals surface area contributed by atoms with E-state index in [2.05, 4.69) is 12.1 Å². The van der Waals surface area contributed by atoms with Crippen molar-refractivity contribution in [3.8, 4) is 0 Å². The Labute approximate surface area is 89.6 Å². The van der Waals surface area contributed by atoms with Crippen LogP contribution in [0.25, 0.3) is 0 Å². The average Bonchev–Trinajstić information content (AvgIpc) is 2.14. The number of benzene rings is 1. The molecule has 0 spiro atoms. The van der Waals surface area contributed by atoms with E-state index in [0.717, 1.165) is 11.7 Å². The Balaban J connectivity index is 2.17. The van der Waals surface area contributed by atoms with Crippen molar-refractivity contribution in [2.24, 2.45) is 0 Å². The maximum absolute atomic E-state index is 10.4. The molecule has 1 rings (SSSR count). The van der Waals surface area contributed by atoms with Crippen LogP contribution in [0.1, 0.15) is 12.8 Å². The van der Waals surface area contributed by atoms with Crippen LogP contribution in [-0.4, -0.2) is 20.2 Å². The Bertz CT molecular complexity index is 261. The third kappa shape index (κ3) is 5.09. The summed E-state index contributed by atoms with van der Waals surface area (Å²) in [6, 6.07) is 10.4. The van der Waals surface area contributed by atoms with Crippen LogP contribution in [0.3, 0.4) is 0 Å². The van der Waals surface area contributed by atoms with Crippen LogP contribution < -0.4 is 4.46 Å². The zero-order valence-electron chi connectivity index (χ0n) is 7.20. The average molecular weight is 262 g/mol. The van der Waals surface area contributed by atoms with E-state index in [4.69, 9.17) is 11.6 Å². The number of halogens is 1. The molecule has 13 heavy (non-hydrogen) atoms. The molecule has 0 heterocycles. The second kappa shape index (κ2) is 6.20. The number of hydrogen-bond donors (Lipinski definition) is 0. The summed E-state index contributed by atoms with van der Waals surface area (Å²) in [5, 5.41) is 0.874. The minimum absolute atomic E-state index is 0.219. The molecule has 0 unspecified atom stereocenters. The molecular formula is C10H11ClOSe. The quantitative estimate of drug-likeness (QED) is 0.450. The van der Waals surface area contributed by atoms with Gasteiger partial charge in [-0.3, -0.25) is 0 Å². The number of rotatable bonds is 5. The molecule has 0 aromatic heterocycles. The first-order valence-corrected chi connectivity index (χ1v) is 6.60. The summed E-state index contributed by atoms with van der Waals surface area (Å²) in [5.74, 6) is 0. The summed E-state index contributed by atoms with van der Waals surface area (Å²) >= 11 is 5.72. The van der Waals surface area contributed by atoms with Gasteiger partial charge in [-0.05, 0) is 0 Å². The Morgan fingerprint density at radius 1 is 1.31 bits per heavy atom. The van der Waals surface area contributed by atoms with Gasteiger partial charge in [0.1, 0.15) is 0 Å². The van der Waals surface area contributed by atoms with Crippen LogP contribution in [-0.2, 0) is 4.79 Å². The van der Waals surface area contributed by atoms with Crippen LogP contribution in [0.4, 0.5) is 0 Å². The molecule has 70 valence electrons. The Hall–Kier alpha value is -0.301. The Kier molecular flexibility index (Phi) is 5.14. The third-order valence-corrected chi connectivity index (χ3v) is 4.02. The van der Waals surface area contributed by atoms with E-state index in [0.29, 0.717) is 21.4 Å². The fourth-order valence-electron chi connectivity index (χ4n) is 0.918. The molecule has 0 atom stereocenters. The molecule has 0 N–H and O–H groups in total. The van der Waals surface area contributed by atoms with Crippen molar-refractivity contribution in [3.63, 3.8) is 0 Å². The third-order valence-electron chi connectivity index (χ3n) is 1.53. The molecule has 0 aliphatic heterocycles. The van der Waals surface area contributed by atoms with Gasteiger partial charge in [-0.15, -0.1) is 0 Å².